The normalized spacial score (nSPS) is 21.8. The molecule has 1 fully saturated rings. The van der Waals surface area contributed by atoms with E-state index in [1.54, 1.807) is 0 Å². The Morgan fingerprint density at radius 3 is 2.90 bits per heavy atom. The molecule has 0 saturated carbocycles. The number of anilines is 1. The molecule has 1 unspecified atom stereocenters. The number of rotatable bonds is 4. The largest absolute Gasteiger partial charge is 0.369 e. The van der Waals surface area contributed by atoms with E-state index >= 15 is 0 Å². The molecule has 1 aromatic rings. The Kier molecular flexibility index (Phi) is 5.36. The highest BCUT2D eigenvalue weighted by Crippen LogP contribution is 2.19. The van der Waals surface area contributed by atoms with E-state index in [2.05, 4.69) is 21.2 Å². The lowest BCUT2D eigenvalue weighted by Gasteiger charge is -2.27. The average molecular weight is 355 g/mol. The molecule has 2 atom stereocenters. The van der Waals surface area contributed by atoms with Crippen molar-refractivity contribution in [2.24, 2.45) is 11.7 Å². The highest BCUT2D eigenvalue weighted by Gasteiger charge is 2.28. The lowest BCUT2D eigenvalue weighted by Crippen LogP contribution is -3.14. The maximum absolute atomic E-state index is 12.1. The fourth-order valence-corrected chi connectivity index (χ4v) is 2.96. The van der Waals surface area contributed by atoms with Gasteiger partial charge < -0.3 is 16.0 Å². The fraction of sp³-hybridized carbons (Fsp3) is 0.467. The SMILES string of the molecule is Cc1cc(NC(=O)C[NH+]2CCC[C@@H](C(N)=O)C2)ccc1Br. The number of hydrogen-bond donors (Lipinski definition) is 3. The molecule has 0 radical (unpaired) electrons. The first-order valence-electron chi connectivity index (χ1n) is 7.14. The van der Waals surface area contributed by atoms with Crippen LogP contribution in [-0.4, -0.2) is 31.4 Å². The number of halogens is 1. The number of carbonyl (C=O) groups excluding carboxylic acids is 2. The van der Waals surface area contributed by atoms with Gasteiger partial charge in [0.1, 0.15) is 0 Å². The van der Waals surface area contributed by atoms with Crippen molar-refractivity contribution in [3.63, 3.8) is 0 Å². The number of carbonyl (C=O) groups is 2. The summed E-state index contributed by atoms with van der Waals surface area (Å²) in [7, 11) is 0. The van der Waals surface area contributed by atoms with Gasteiger partial charge in [-0.15, -0.1) is 0 Å². The lowest BCUT2D eigenvalue weighted by molar-refractivity contribution is -0.899. The van der Waals surface area contributed by atoms with E-state index in [4.69, 9.17) is 5.73 Å². The second-order valence-electron chi connectivity index (χ2n) is 5.63. The molecule has 1 heterocycles. The molecule has 6 heteroatoms. The van der Waals surface area contributed by atoms with Gasteiger partial charge in [-0.3, -0.25) is 9.59 Å². The number of hydrogen-bond acceptors (Lipinski definition) is 2. The predicted octanol–water partition coefficient (Wildman–Crippen LogP) is 0.476. The van der Waals surface area contributed by atoms with Crippen LogP contribution in [0, 0.1) is 12.8 Å². The summed E-state index contributed by atoms with van der Waals surface area (Å²) in [6, 6.07) is 5.72. The van der Waals surface area contributed by atoms with Gasteiger partial charge in [0.2, 0.25) is 5.91 Å². The van der Waals surface area contributed by atoms with Crippen LogP contribution in [0.4, 0.5) is 5.69 Å². The maximum atomic E-state index is 12.1. The van der Waals surface area contributed by atoms with Crippen molar-refractivity contribution in [3.05, 3.63) is 28.2 Å². The van der Waals surface area contributed by atoms with Crippen LogP contribution in [-0.2, 0) is 9.59 Å². The molecule has 114 valence electrons. The van der Waals surface area contributed by atoms with Crippen LogP contribution in [0.5, 0.6) is 0 Å². The third kappa shape index (κ3) is 4.54. The number of primary amides is 1. The first kappa shape index (κ1) is 16.0. The molecule has 0 spiro atoms. The number of piperidine rings is 1. The highest BCUT2D eigenvalue weighted by atomic mass is 79.9. The molecule has 1 aromatic carbocycles. The Morgan fingerprint density at radius 2 is 2.24 bits per heavy atom. The smallest absolute Gasteiger partial charge is 0.279 e. The number of aryl methyl sites for hydroxylation is 1. The quantitative estimate of drug-likeness (QED) is 0.735. The maximum Gasteiger partial charge on any atom is 0.279 e. The van der Waals surface area contributed by atoms with Crippen LogP contribution in [0.3, 0.4) is 0 Å². The third-order valence-electron chi connectivity index (χ3n) is 3.87. The van der Waals surface area contributed by atoms with Crippen LogP contribution in [0.2, 0.25) is 0 Å². The molecule has 2 amide bonds. The molecule has 2 rings (SSSR count). The predicted molar refractivity (Wildman–Crippen MR) is 85.0 cm³/mol. The van der Waals surface area contributed by atoms with E-state index in [0.29, 0.717) is 13.1 Å². The Bertz CT molecular complexity index is 548. The standard InChI is InChI=1S/C15H20BrN3O2/c1-10-7-12(4-5-13(10)16)18-14(20)9-19-6-2-3-11(8-19)15(17)21/h4-5,7,11H,2-3,6,8-9H2,1H3,(H2,17,21)(H,18,20)/p+1/t11-/m1/s1. The van der Waals surface area contributed by atoms with E-state index < -0.39 is 0 Å². The van der Waals surface area contributed by atoms with Gasteiger partial charge in [-0.05, 0) is 43.5 Å². The van der Waals surface area contributed by atoms with Crippen molar-refractivity contribution in [2.75, 3.05) is 25.0 Å². The van der Waals surface area contributed by atoms with Crippen LogP contribution in [0.1, 0.15) is 18.4 Å². The molecule has 0 bridgehead atoms. The summed E-state index contributed by atoms with van der Waals surface area (Å²) in [4.78, 5) is 24.5. The number of benzene rings is 1. The Morgan fingerprint density at radius 1 is 1.48 bits per heavy atom. The molecular weight excluding hydrogens is 334 g/mol. The van der Waals surface area contributed by atoms with Crippen LogP contribution in [0.25, 0.3) is 0 Å². The lowest BCUT2D eigenvalue weighted by atomic mass is 9.97. The van der Waals surface area contributed by atoms with E-state index in [0.717, 1.165) is 40.0 Å². The van der Waals surface area contributed by atoms with Gasteiger partial charge in [-0.25, -0.2) is 0 Å². The van der Waals surface area contributed by atoms with Gasteiger partial charge in [0.05, 0.1) is 19.0 Å². The van der Waals surface area contributed by atoms with Crippen molar-refractivity contribution < 1.29 is 14.5 Å². The third-order valence-corrected chi connectivity index (χ3v) is 4.76. The van der Waals surface area contributed by atoms with Crippen LogP contribution >= 0.6 is 15.9 Å². The van der Waals surface area contributed by atoms with Crippen molar-refractivity contribution in [2.45, 2.75) is 19.8 Å². The summed E-state index contributed by atoms with van der Waals surface area (Å²) in [6.45, 7) is 3.92. The summed E-state index contributed by atoms with van der Waals surface area (Å²) in [5.74, 6) is -0.385. The van der Waals surface area contributed by atoms with Crippen molar-refractivity contribution in [1.29, 1.82) is 0 Å². The Balaban J connectivity index is 1.89. The summed E-state index contributed by atoms with van der Waals surface area (Å²) >= 11 is 3.43. The van der Waals surface area contributed by atoms with E-state index in [1.165, 1.54) is 0 Å². The number of likely N-dealkylation sites (tertiary alicyclic amines) is 1. The molecule has 1 aliphatic rings. The summed E-state index contributed by atoms with van der Waals surface area (Å²) < 4.78 is 1.02. The summed E-state index contributed by atoms with van der Waals surface area (Å²) in [5, 5.41) is 2.90. The van der Waals surface area contributed by atoms with Crippen molar-refractivity contribution in [3.8, 4) is 0 Å². The van der Waals surface area contributed by atoms with Crippen LogP contribution in [0.15, 0.2) is 22.7 Å². The summed E-state index contributed by atoms with van der Waals surface area (Å²) in [5.41, 5.74) is 7.23. The molecule has 4 N–H and O–H groups in total. The molecule has 21 heavy (non-hydrogen) atoms. The van der Waals surface area contributed by atoms with Gasteiger partial charge in [0.15, 0.2) is 6.54 Å². The molecule has 1 aliphatic heterocycles. The van der Waals surface area contributed by atoms with Crippen LogP contribution < -0.4 is 16.0 Å². The number of nitrogens with two attached hydrogens (primary N) is 1. The van der Waals surface area contributed by atoms with E-state index in [9.17, 15) is 9.59 Å². The molecule has 1 saturated heterocycles. The van der Waals surface area contributed by atoms with Gasteiger partial charge in [-0.1, -0.05) is 15.9 Å². The number of nitrogens with one attached hydrogen (secondary N) is 2. The van der Waals surface area contributed by atoms with Gasteiger partial charge in [-0.2, -0.15) is 0 Å². The monoisotopic (exact) mass is 354 g/mol. The van der Waals surface area contributed by atoms with Crippen molar-refractivity contribution in [1.82, 2.24) is 0 Å². The second kappa shape index (κ2) is 7.04. The number of amides is 2. The molecule has 0 aliphatic carbocycles. The topological polar surface area (TPSA) is 76.6 Å². The van der Waals surface area contributed by atoms with Crippen molar-refractivity contribution >= 4 is 33.4 Å². The van der Waals surface area contributed by atoms with Gasteiger partial charge >= 0.3 is 0 Å². The fourth-order valence-electron chi connectivity index (χ4n) is 2.71. The zero-order valence-corrected chi connectivity index (χ0v) is 13.7. The minimum Gasteiger partial charge on any atom is -0.369 e. The Hall–Kier alpha value is -1.40. The molecule has 0 aromatic heterocycles. The highest BCUT2D eigenvalue weighted by molar-refractivity contribution is 9.10. The number of quaternary nitrogens is 1. The van der Waals surface area contributed by atoms with E-state index in [1.807, 2.05) is 25.1 Å². The van der Waals surface area contributed by atoms with Gasteiger partial charge in [0.25, 0.3) is 5.91 Å². The van der Waals surface area contributed by atoms with Gasteiger partial charge in [0, 0.05) is 10.2 Å². The summed E-state index contributed by atoms with van der Waals surface area (Å²) in [6.07, 6.45) is 1.78. The zero-order valence-electron chi connectivity index (χ0n) is 12.1. The molecular formula is C15H21BrN3O2+. The molecule has 5 nitrogen and oxygen atoms in total. The van der Waals surface area contributed by atoms with E-state index in [-0.39, 0.29) is 17.7 Å². The average Bonchev–Trinajstić information content (AvgIpc) is 2.43. The zero-order chi connectivity index (χ0) is 15.4. The first-order chi connectivity index (χ1) is 9.95. The minimum absolute atomic E-state index is 0.0307. The first-order valence-corrected chi connectivity index (χ1v) is 7.94. The Labute approximate surface area is 133 Å². The second-order valence-corrected chi connectivity index (χ2v) is 6.49. The minimum atomic E-state index is -0.254.